The molecule has 0 aliphatic carbocycles. The molecule has 1 aromatic rings. The van der Waals surface area contributed by atoms with Crippen molar-refractivity contribution in [1.29, 1.82) is 0 Å². The number of hydrazine groups is 1. The van der Waals surface area contributed by atoms with Crippen LogP contribution in [0.15, 0.2) is 24.3 Å². The molecule has 3 amide bonds. The van der Waals surface area contributed by atoms with Crippen LogP contribution in [0.1, 0.15) is 30.1 Å². The average molecular weight is 354 g/mol. The molecule has 2 N–H and O–H groups in total. The summed E-state index contributed by atoms with van der Waals surface area (Å²) in [4.78, 5) is 37.7. The second kappa shape index (κ2) is 6.05. The van der Waals surface area contributed by atoms with Crippen LogP contribution in [0.25, 0.3) is 0 Å². The van der Waals surface area contributed by atoms with Gasteiger partial charge in [-0.25, -0.2) is 0 Å². The number of thioether (sulfide) groups is 1. The van der Waals surface area contributed by atoms with Gasteiger partial charge in [0.2, 0.25) is 5.91 Å². The first-order chi connectivity index (χ1) is 10.9. The summed E-state index contributed by atoms with van der Waals surface area (Å²) >= 11 is 7.44. The van der Waals surface area contributed by atoms with Crippen LogP contribution in [-0.2, 0) is 9.59 Å². The summed E-state index contributed by atoms with van der Waals surface area (Å²) in [6.07, 6.45) is 1.21. The van der Waals surface area contributed by atoms with Gasteiger partial charge >= 0.3 is 0 Å². The molecule has 2 saturated heterocycles. The third kappa shape index (κ3) is 3.03. The summed E-state index contributed by atoms with van der Waals surface area (Å²) < 4.78 is 0. The Morgan fingerprint density at radius 1 is 1.39 bits per heavy atom. The minimum atomic E-state index is -0.556. The van der Waals surface area contributed by atoms with E-state index < -0.39 is 11.9 Å². The lowest BCUT2D eigenvalue weighted by Crippen LogP contribution is -2.54. The first-order valence-electron chi connectivity index (χ1n) is 7.22. The lowest BCUT2D eigenvalue weighted by molar-refractivity contribution is -0.138. The number of nitrogens with one attached hydrogen (secondary N) is 2. The van der Waals surface area contributed by atoms with Crippen molar-refractivity contribution in [2.75, 3.05) is 5.75 Å². The van der Waals surface area contributed by atoms with Gasteiger partial charge in [-0.15, -0.1) is 11.8 Å². The van der Waals surface area contributed by atoms with Crippen molar-refractivity contribution in [1.82, 2.24) is 15.8 Å². The molecule has 8 heteroatoms. The second-order valence-corrected chi connectivity index (χ2v) is 7.66. The molecule has 122 valence electrons. The predicted molar refractivity (Wildman–Crippen MR) is 87.8 cm³/mol. The number of benzene rings is 1. The van der Waals surface area contributed by atoms with E-state index in [1.807, 2.05) is 6.92 Å². The number of nitrogens with zero attached hydrogens (tertiary/aromatic N) is 1. The highest BCUT2D eigenvalue weighted by Gasteiger charge is 2.52. The Kier molecular flexibility index (Phi) is 4.25. The lowest BCUT2D eigenvalue weighted by atomic mass is 10.2. The maximum Gasteiger partial charge on any atom is 0.269 e. The number of carbonyl (C=O) groups is 3. The maximum atomic E-state index is 12.3. The Morgan fingerprint density at radius 2 is 2.17 bits per heavy atom. The molecular weight excluding hydrogens is 338 g/mol. The number of hydrogen-bond acceptors (Lipinski definition) is 4. The van der Waals surface area contributed by atoms with Crippen LogP contribution < -0.4 is 10.9 Å². The molecule has 6 nitrogen and oxygen atoms in total. The van der Waals surface area contributed by atoms with Gasteiger partial charge in [-0.05, 0) is 31.5 Å². The van der Waals surface area contributed by atoms with Crippen LogP contribution >= 0.6 is 23.4 Å². The third-order valence-corrected chi connectivity index (χ3v) is 5.87. The molecule has 0 aromatic heterocycles. The summed E-state index contributed by atoms with van der Waals surface area (Å²) in [5, 5.41) is 0.439. The molecule has 2 aliphatic rings. The molecule has 0 saturated carbocycles. The van der Waals surface area contributed by atoms with Crippen molar-refractivity contribution in [2.45, 2.75) is 30.7 Å². The molecule has 2 heterocycles. The molecular formula is C15H16ClN3O3S. The summed E-state index contributed by atoms with van der Waals surface area (Å²) in [5.41, 5.74) is 5.12. The summed E-state index contributed by atoms with van der Waals surface area (Å²) in [7, 11) is 0. The number of rotatable bonds is 2. The van der Waals surface area contributed by atoms with E-state index in [4.69, 9.17) is 11.6 Å². The Labute approximate surface area is 142 Å². The SMILES string of the molecule is C[C@]12CCC(=O)N1[C@H](C(=O)NNC(=O)c1cccc(Cl)c1)CS2. The molecule has 0 unspecified atom stereocenters. The van der Waals surface area contributed by atoms with Crippen LogP contribution in [0.5, 0.6) is 0 Å². The highest BCUT2D eigenvalue weighted by molar-refractivity contribution is 8.01. The van der Waals surface area contributed by atoms with E-state index >= 15 is 0 Å². The van der Waals surface area contributed by atoms with E-state index in [9.17, 15) is 14.4 Å². The zero-order chi connectivity index (χ0) is 16.6. The van der Waals surface area contributed by atoms with E-state index in [0.717, 1.165) is 6.42 Å². The van der Waals surface area contributed by atoms with Crippen molar-refractivity contribution in [2.24, 2.45) is 0 Å². The maximum absolute atomic E-state index is 12.3. The topological polar surface area (TPSA) is 78.5 Å². The number of fused-ring (bicyclic) bond motifs is 1. The monoisotopic (exact) mass is 353 g/mol. The lowest BCUT2D eigenvalue weighted by Gasteiger charge is -2.29. The van der Waals surface area contributed by atoms with Gasteiger partial charge in [-0.2, -0.15) is 0 Å². The first-order valence-corrected chi connectivity index (χ1v) is 8.59. The third-order valence-electron chi connectivity index (χ3n) is 4.13. The summed E-state index contributed by atoms with van der Waals surface area (Å²) in [6.45, 7) is 1.97. The van der Waals surface area contributed by atoms with E-state index in [2.05, 4.69) is 10.9 Å². The van der Waals surface area contributed by atoms with Crippen LogP contribution in [0.3, 0.4) is 0 Å². The fraction of sp³-hybridized carbons (Fsp3) is 0.400. The Hall–Kier alpha value is -1.73. The number of hydrogen-bond donors (Lipinski definition) is 2. The molecule has 2 atom stereocenters. The Morgan fingerprint density at radius 3 is 2.91 bits per heavy atom. The number of carbonyl (C=O) groups excluding carboxylic acids is 3. The van der Waals surface area contributed by atoms with Crippen LogP contribution in [-0.4, -0.2) is 39.3 Å². The molecule has 23 heavy (non-hydrogen) atoms. The van der Waals surface area contributed by atoms with E-state index in [-0.39, 0.29) is 16.7 Å². The zero-order valence-electron chi connectivity index (χ0n) is 12.5. The minimum absolute atomic E-state index is 0.0150. The number of amides is 3. The van der Waals surface area contributed by atoms with Crippen molar-refractivity contribution >= 4 is 41.1 Å². The predicted octanol–water partition coefficient (Wildman–Crippen LogP) is 1.56. The fourth-order valence-corrected chi connectivity index (χ4v) is 4.54. The van der Waals surface area contributed by atoms with Gasteiger partial charge in [0.15, 0.2) is 0 Å². The van der Waals surface area contributed by atoms with Gasteiger partial charge in [0.1, 0.15) is 6.04 Å². The van der Waals surface area contributed by atoms with Crippen molar-refractivity contribution < 1.29 is 14.4 Å². The van der Waals surface area contributed by atoms with Gasteiger partial charge in [0.25, 0.3) is 11.8 Å². The smallest absolute Gasteiger partial charge is 0.269 e. The molecule has 3 rings (SSSR count). The first kappa shape index (κ1) is 16.1. The van der Waals surface area contributed by atoms with Crippen LogP contribution in [0.4, 0.5) is 0 Å². The minimum Gasteiger partial charge on any atom is -0.315 e. The highest BCUT2D eigenvalue weighted by Crippen LogP contribution is 2.47. The van der Waals surface area contributed by atoms with Crippen LogP contribution in [0, 0.1) is 0 Å². The van der Waals surface area contributed by atoms with Gasteiger partial charge < -0.3 is 4.90 Å². The van der Waals surface area contributed by atoms with Gasteiger partial charge in [0.05, 0.1) is 4.87 Å². The van der Waals surface area contributed by atoms with Crippen molar-refractivity contribution in [3.05, 3.63) is 34.9 Å². The van der Waals surface area contributed by atoms with Gasteiger partial charge in [-0.1, -0.05) is 17.7 Å². The van der Waals surface area contributed by atoms with E-state index in [1.54, 1.807) is 34.9 Å². The second-order valence-electron chi connectivity index (χ2n) is 5.72. The molecule has 0 spiro atoms. The van der Waals surface area contributed by atoms with Gasteiger partial charge in [-0.3, -0.25) is 25.2 Å². The molecule has 0 radical (unpaired) electrons. The van der Waals surface area contributed by atoms with Crippen LogP contribution in [0.2, 0.25) is 5.02 Å². The van der Waals surface area contributed by atoms with Crippen molar-refractivity contribution in [3.63, 3.8) is 0 Å². The summed E-state index contributed by atoms with van der Waals surface area (Å²) in [6, 6.07) is 5.86. The van der Waals surface area contributed by atoms with Gasteiger partial charge in [0, 0.05) is 22.8 Å². The average Bonchev–Trinajstić information content (AvgIpc) is 3.01. The molecule has 2 aliphatic heterocycles. The quantitative estimate of drug-likeness (QED) is 0.791. The molecule has 0 bridgehead atoms. The molecule has 1 aromatic carbocycles. The summed E-state index contributed by atoms with van der Waals surface area (Å²) in [5.74, 6) is -0.325. The highest BCUT2D eigenvalue weighted by atomic mass is 35.5. The van der Waals surface area contributed by atoms with Crippen molar-refractivity contribution in [3.8, 4) is 0 Å². The standard InChI is InChI=1S/C15H16ClN3O3S/c1-15-6-5-12(20)19(15)11(8-23-15)14(22)18-17-13(21)9-3-2-4-10(16)7-9/h2-4,7,11H,5-6,8H2,1H3,(H,17,21)(H,18,22)/t11-,15-/m0/s1. The fourth-order valence-electron chi connectivity index (χ4n) is 2.92. The largest absolute Gasteiger partial charge is 0.315 e. The Bertz CT molecular complexity index is 684. The Balaban J connectivity index is 1.62. The normalized spacial score (nSPS) is 26.1. The number of halogens is 1. The van der Waals surface area contributed by atoms with E-state index in [1.165, 1.54) is 6.07 Å². The van der Waals surface area contributed by atoms with E-state index in [0.29, 0.717) is 22.8 Å². The zero-order valence-corrected chi connectivity index (χ0v) is 14.0. The molecule has 2 fully saturated rings.